The fraction of sp³-hybridized carbons (Fsp3) is 0.318. The molecule has 1 N–H and O–H groups in total. The van der Waals surface area contributed by atoms with Gasteiger partial charge in [0.1, 0.15) is 0 Å². The molecule has 1 aliphatic heterocycles. The van der Waals surface area contributed by atoms with Gasteiger partial charge in [-0.25, -0.2) is 4.79 Å². The van der Waals surface area contributed by atoms with E-state index in [2.05, 4.69) is 21.2 Å². The summed E-state index contributed by atoms with van der Waals surface area (Å²) in [5, 5.41) is 2.90. The Labute approximate surface area is 179 Å². The lowest BCUT2D eigenvalue weighted by atomic mass is 10.1. The van der Waals surface area contributed by atoms with Crippen LogP contribution in [0.2, 0.25) is 0 Å². The third-order valence-electron chi connectivity index (χ3n) is 4.85. The molecule has 0 saturated carbocycles. The molecule has 0 fully saturated rings. The first-order chi connectivity index (χ1) is 13.9. The topological polar surface area (TPSA) is 69.7 Å². The number of amides is 4. The summed E-state index contributed by atoms with van der Waals surface area (Å²) in [6.07, 6.45) is 0.496. The number of halogens is 1. The minimum absolute atomic E-state index is 0.0462. The molecule has 152 valence electrons. The highest BCUT2D eigenvalue weighted by molar-refractivity contribution is 9.10. The molecule has 1 heterocycles. The number of nitrogens with zero attached hydrogens (tertiary/aromatic N) is 2. The van der Waals surface area contributed by atoms with E-state index >= 15 is 0 Å². The average Bonchev–Trinajstić information content (AvgIpc) is 2.93. The number of benzene rings is 2. The predicted molar refractivity (Wildman–Crippen MR) is 115 cm³/mol. The van der Waals surface area contributed by atoms with Crippen molar-refractivity contribution in [3.05, 3.63) is 69.7 Å². The Bertz CT molecular complexity index is 915. The lowest BCUT2D eigenvalue weighted by Crippen LogP contribution is -2.44. The van der Waals surface area contributed by atoms with Crippen LogP contribution in [0.5, 0.6) is 0 Å². The molecular formula is C22H24BrN3O3. The fourth-order valence-corrected chi connectivity index (χ4v) is 3.63. The Morgan fingerprint density at radius 2 is 1.76 bits per heavy atom. The van der Waals surface area contributed by atoms with Gasteiger partial charge in [-0.3, -0.25) is 14.5 Å². The lowest BCUT2D eigenvalue weighted by Gasteiger charge is -2.27. The highest BCUT2D eigenvalue weighted by Crippen LogP contribution is 2.26. The van der Waals surface area contributed by atoms with Crippen LogP contribution in [0.4, 0.5) is 4.79 Å². The average molecular weight is 458 g/mol. The lowest BCUT2D eigenvalue weighted by molar-refractivity contribution is 0.0653. The second-order valence-corrected chi connectivity index (χ2v) is 8.16. The van der Waals surface area contributed by atoms with Crippen LogP contribution in [-0.4, -0.2) is 46.8 Å². The van der Waals surface area contributed by atoms with Crippen molar-refractivity contribution >= 4 is 33.8 Å². The summed E-state index contributed by atoms with van der Waals surface area (Å²) in [5.41, 5.74) is 1.91. The molecule has 0 spiro atoms. The minimum atomic E-state index is -0.287. The van der Waals surface area contributed by atoms with Crippen molar-refractivity contribution in [3.8, 4) is 0 Å². The second kappa shape index (κ2) is 9.22. The molecule has 0 bridgehead atoms. The molecule has 0 aliphatic carbocycles. The number of carbonyl (C=O) groups is 3. The van der Waals surface area contributed by atoms with Gasteiger partial charge >= 0.3 is 6.03 Å². The molecule has 0 aromatic heterocycles. The third kappa shape index (κ3) is 4.85. The number of nitrogens with one attached hydrogen (secondary N) is 1. The van der Waals surface area contributed by atoms with Crippen molar-refractivity contribution in [2.24, 2.45) is 0 Å². The molecule has 1 aliphatic rings. The largest absolute Gasteiger partial charge is 0.338 e. The third-order valence-corrected chi connectivity index (χ3v) is 5.34. The van der Waals surface area contributed by atoms with Crippen LogP contribution in [0.3, 0.4) is 0 Å². The van der Waals surface area contributed by atoms with E-state index in [1.165, 1.54) is 4.90 Å². The van der Waals surface area contributed by atoms with Crippen molar-refractivity contribution in [3.63, 3.8) is 0 Å². The first-order valence-corrected chi connectivity index (χ1v) is 10.4. The number of imide groups is 1. The van der Waals surface area contributed by atoms with Crippen LogP contribution in [0.1, 0.15) is 46.5 Å². The number of rotatable bonds is 7. The SMILES string of the molecule is CC(C)N(Cc1ccccc1)C(=O)NCCCN1C(=O)c2ccc(Br)cc2C1=O. The summed E-state index contributed by atoms with van der Waals surface area (Å²) in [6.45, 7) is 5.12. The maximum Gasteiger partial charge on any atom is 0.317 e. The molecule has 2 aromatic rings. The first-order valence-electron chi connectivity index (χ1n) is 9.62. The normalized spacial score (nSPS) is 13.0. The maximum absolute atomic E-state index is 12.6. The highest BCUT2D eigenvalue weighted by atomic mass is 79.9. The van der Waals surface area contributed by atoms with Gasteiger partial charge in [0.15, 0.2) is 0 Å². The van der Waals surface area contributed by atoms with E-state index in [1.807, 2.05) is 44.2 Å². The summed E-state index contributed by atoms with van der Waals surface area (Å²) >= 11 is 3.33. The molecule has 6 nitrogen and oxygen atoms in total. The number of urea groups is 1. The Morgan fingerprint density at radius 1 is 1.07 bits per heavy atom. The van der Waals surface area contributed by atoms with E-state index in [1.54, 1.807) is 23.1 Å². The summed E-state index contributed by atoms with van der Waals surface area (Å²) in [6, 6.07) is 14.8. The number of carbonyl (C=O) groups excluding carboxylic acids is 3. The van der Waals surface area contributed by atoms with Crippen LogP contribution >= 0.6 is 15.9 Å². The van der Waals surface area contributed by atoms with Gasteiger partial charge in [-0.2, -0.15) is 0 Å². The van der Waals surface area contributed by atoms with E-state index in [-0.39, 0.29) is 30.4 Å². The molecule has 0 saturated heterocycles. The Kier molecular flexibility index (Phi) is 6.69. The number of fused-ring (bicyclic) bond motifs is 1. The van der Waals surface area contributed by atoms with Crippen LogP contribution in [-0.2, 0) is 6.54 Å². The Hall–Kier alpha value is -2.67. The van der Waals surface area contributed by atoms with Crippen LogP contribution in [0.25, 0.3) is 0 Å². The molecule has 4 amide bonds. The van der Waals surface area contributed by atoms with E-state index < -0.39 is 0 Å². The maximum atomic E-state index is 12.6. The molecule has 0 radical (unpaired) electrons. The van der Waals surface area contributed by atoms with Gasteiger partial charge in [0, 0.05) is 30.1 Å². The standard InChI is InChI=1S/C22H24BrN3O3/c1-15(2)26(14-16-7-4-3-5-8-16)22(29)24-11-6-12-25-20(27)18-10-9-17(23)13-19(18)21(25)28/h3-5,7-10,13,15H,6,11-12,14H2,1-2H3,(H,24,29). The van der Waals surface area contributed by atoms with Gasteiger partial charge in [-0.05, 0) is 44.0 Å². The zero-order valence-electron chi connectivity index (χ0n) is 16.5. The molecule has 3 rings (SSSR count). The predicted octanol–water partition coefficient (Wildman–Crippen LogP) is 4.06. The highest BCUT2D eigenvalue weighted by Gasteiger charge is 2.35. The molecule has 29 heavy (non-hydrogen) atoms. The van der Waals surface area contributed by atoms with Crippen molar-refractivity contribution < 1.29 is 14.4 Å². The Morgan fingerprint density at radius 3 is 2.45 bits per heavy atom. The van der Waals surface area contributed by atoms with E-state index in [9.17, 15) is 14.4 Å². The van der Waals surface area contributed by atoms with Gasteiger partial charge in [-0.15, -0.1) is 0 Å². The van der Waals surface area contributed by atoms with Gasteiger partial charge < -0.3 is 10.2 Å². The molecular weight excluding hydrogens is 434 g/mol. The minimum Gasteiger partial charge on any atom is -0.338 e. The number of hydrogen-bond donors (Lipinski definition) is 1. The van der Waals surface area contributed by atoms with Gasteiger partial charge in [0.05, 0.1) is 11.1 Å². The molecule has 0 atom stereocenters. The van der Waals surface area contributed by atoms with Crippen LogP contribution in [0, 0.1) is 0 Å². The smallest absolute Gasteiger partial charge is 0.317 e. The van der Waals surface area contributed by atoms with E-state index in [0.717, 1.165) is 10.0 Å². The van der Waals surface area contributed by atoms with E-state index in [0.29, 0.717) is 30.6 Å². The second-order valence-electron chi connectivity index (χ2n) is 7.24. The summed E-state index contributed by atoms with van der Waals surface area (Å²) in [5.74, 6) is -0.567. The van der Waals surface area contributed by atoms with Crippen molar-refractivity contribution in [2.45, 2.75) is 32.9 Å². The number of hydrogen-bond acceptors (Lipinski definition) is 3. The summed E-state index contributed by atoms with van der Waals surface area (Å²) in [4.78, 5) is 40.5. The molecule has 7 heteroatoms. The van der Waals surface area contributed by atoms with Crippen LogP contribution < -0.4 is 5.32 Å². The zero-order valence-corrected chi connectivity index (χ0v) is 18.1. The van der Waals surface area contributed by atoms with Gasteiger partial charge in [-0.1, -0.05) is 46.3 Å². The van der Waals surface area contributed by atoms with Crippen molar-refractivity contribution in [2.75, 3.05) is 13.1 Å². The van der Waals surface area contributed by atoms with Crippen LogP contribution in [0.15, 0.2) is 53.0 Å². The monoisotopic (exact) mass is 457 g/mol. The molecule has 2 aromatic carbocycles. The summed E-state index contributed by atoms with van der Waals surface area (Å²) in [7, 11) is 0. The zero-order chi connectivity index (χ0) is 21.0. The Balaban J connectivity index is 1.51. The summed E-state index contributed by atoms with van der Waals surface area (Å²) < 4.78 is 0.763. The first kappa shape index (κ1) is 21.0. The fourth-order valence-electron chi connectivity index (χ4n) is 3.27. The van der Waals surface area contributed by atoms with Crippen molar-refractivity contribution in [1.29, 1.82) is 0 Å². The van der Waals surface area contributed by atoms with Crippen molar-refractivity contribution in [1.82, 2.24) is 15.1 Å². The quantitative estimate of drug-likeness (QED) is 0.503. The molecule has 0 unspecified atom stereocenters. The van der Waals surface area contributed by atoms with E-state index in [4.69, 9.17) is 0 Å². The van der Waals surface area contributed by atoms with Gasteiger partial charge in [0.2, 0.25) is 0 Å². The van der Waals surface area contributed by atoms with Gasteiger partial charge in [0.25, 0.3) is 11.8 Å².